The number of imide groups is 1. The van der Waals surface area contributed by atoms with E-state index in [1.807, 2.05) is 0 Å². The van der Waals surface area contributed by atoms with Crippen molar-refractivity contribution in [1.29, 1.82) is 0 Å². The summed E-state index contributed by atoms with van der Waals surface area (Å²) >= 11 is 0. The first kappa shape index (κ1) is 16.0. The molecule has 0 aliphatic carbocycles. The lowest BCUT2D eigenvalue weighted by atomic mass is 9.81. The van der Waals surface area contributed by atoms with Crippen molar-refractivity contribution in [2.75, 3.05) is 6.54 Å². The molecule has 0 N–H and O–H groups in total. The fourth-order valence-electron chi connectivity index (χ4n) is 4.40. The van der Waals surface area contributed by atoms with Crippen molar-refractivity contribution in [2.45, 2.75) is 83.3 Å². The minimum atomic E-state index is -0.153. The zero-order valence-corrected chi connectivity index (χ0v) is 13.8. The Morgan fingerprint density at radius 1 is 0.864 bits per heavy atom. The Hall–Kier alpha value is -0.900. The van der Waals surface area contributed by atoms with Crippen LogP contribution in [0.3, 0.4) is 0 Å². The van der Waals surface area contributed by atoms with E-state index < -0.39 is 0 Å². The summed E-state index contributed by atoms with van der Waals surface area (Å²) in [5.41, 5.74) is 0. The molecule has 3 heterocycles. The molecule has 3 rings (SSSR count). The van der Waals surface area contributed by atoms with Crippen LogP contribution >= 0.6 is 0 Å². The second-order valence-electron chi connectivity index (χ2n) is 7.14. The van der Waals surface area contributed by atoms with Gasteiger partial charge in [0.15, 0.2) is 0 Å². The number of rotatable bonds is 9. The molecule has 124 valence electrons. The Balaban J connectivity index is 1.37. The molecule has 0 aromatic carbocycles. The van der Waals surface area contributed by atoms with Crippen molar-refractivity contribution in [3.8, 4) is 0 Å². The highest BCUT2D eigenvalue weighted by Gasteiger charge is 2.62. The number of unbranched alkanes of at least 4 members (excludes halogenated alkanes) is 7. The molecule has 3 saturated heterocycles. The third-order valence-electron chi connectivity index (χ3n) is 5.61. The van der Waals surface area contributed by atoms with Crippen molar-refractivity contribution >= 4 is 11.8 Å². The lowest BCUT2D eigenvalue weighted by Crippen LogP contribution is -2.35. The summed E-state index contributed by atoms with van der Waals surface area (Å²) < 4.78 is 5.75. The van der Waals surface area contributed by atoms with Gasteiger partial charge in [-0.25, -0.2) is 0 Å². The number of hydrogen-bond acceptors (Lipinski definition) is 3. The molecule has 0 radical (unpaired) electrons. The monoisotopic (exact) mass is 307 g/mol. The van der Waals surface area contributed by atoms with Gasteiger partial charge in [-0.3, -0.25) is 14.5 Å². The molecule has 0 spiro atoms. The average Bonchev–Trinajstić information content (AvgIpc) is 3.18. The molecule has 22 heavy (non-hydrogen) atoms. The Bertz CT molecular complexity index is 395. The first-order chi connectivity index (χ1) is 10.7. The van der Waals surface area contributed by atoms with Gasteiger partial charge in [-0.15, -0.1) is 0 Å². The maximum absolute atomic E-state index is 12.5. The van der Waals surface area contributed by atoms with Gasteiger partial charge in [-0.2, -0.15) is 0 Å². The topological polar surface area (TPSA) is 46.6 Å². The van der Waals surface area contributed by atoms with E-state index in [1.165, 1.54) is 38.5 Å². The first-order valence-electron chi connectivity index (χ1n) is 9.24. The SMILES string of the molecule is CCCCCCCCCCN1C(=O)[C@@H]2[C@H](C1=O)[C@@H]1CC[C@H]2O1. The van der Waals surface area contributed by atoms with Gasteiger partial charge < -0.3 is 4.74 Å². The summed E-state index contributed by atoms with van der Waals surface area (Å²) in [5, 5.41) is 0. The first-order valence-corrected chi connectivity index (χ1v) is 9.24. The lowest BCUT2D eigenvalue weighted by Gasteiger charge is -2.17. The molecular formula is C18H29NO3. The maximum atomic E-state index is 12.5. The number of carbonyl (C=O) groups is 2. The largest absolute Gasteiger partial charge is 0.373 e. The summed E-state index contributed by atoms with van der Waals surface area (Å²) in [6.07, 6.45) is 11.8. The van der Waals surface area contributed by atoms with E-state index in [2.05, 4.69) is 6.92 Å². The number of carbonyl (C=O) groups excluding carboxylic acids is 2. The van der Waals surface area contributed by atoms with Crippen LogP contribution in [0.25, 0.3) is 0 Å². The average molecular weight is 307 g/mol. The van der Waals surface area contributed by atoms with Gasteiger partial charge in [0.2, 0.25) is 11.8 Å². The quantitative estimate of drug-likeness (QED) is 0.485. The summed E-state index contributed by atoms with van der Waals surface area (Å²) in [4.78, 5) is 26.4. The number of amides is 2. The smallest absolute Gasteiger partial charge is 0.235 e. The summed E-state index contributed by atoms with van der Waals surface area (Å²) in [7, 11) is 0. The van der Waals surface area contributed by atoms with Gasteiger partial charge in [-0.1, -0.05) is 51.9 Å². The molecule has 4 atom stereocenters. The minimum Gasteiger partial charge on any atom is -0.373 e. The van der Waals surface area contributed by atoms with E-state index in [4.69, 9.17) is 4.74 Å². The number of fused-ring (bicyclic) bond motifs is 5. The zero-order chi connectivity index (χ0) is 15.5. The van der Waals surface area contributed by atoms with Crippen LogP contribution in [0.1, 0.15) is 71.1 Å². The van der Waals surface area contributed by atoms with Gasteiger partial charge in [0.1, 0.15) is 0 Å². The van der Waals surface area contributed by atoms with Crippen molar-refractivity contribution in [1.82, 2.24) is 4.90 Å². The predicted molar refractivity (Wildman–Crippen MR) is 84.2 cm³/mol. The van der Waals surface area contributed by atoms with Gasteiger partial charge >= 0.3 is 0 Å². The molecule has 2 bridgehead atoms. The highest BCUT2D eigenvalue weighted by atomic mass is 16.5. The van der Waals surface area contributed by atoms with Crippen LogP contribution in [0.2, 0.25) is 0 Å². The van der Waals surface area contributed by atoms with Crippen molar-refractivity contribution in [2.24, 2.45) is 11.8 Å². The molecule has 0 unspecified atom stereocenters. The molecule has 3 aliphatic rings. The normalized spacial score (nSPS) is 33.0. The van der Waals surface area contributed by atoms with Gasteiger partial charge in [-0.05, 0) is 19.3 Å². The van der Waals surface area contributed by atoms with E-state index in [0.29, 0.717) is 6.54 Å². The highest BCUT2D eigenvalue weighted by Crippen LogP contribution is 2.48. The third kappa shape index (κ3) is 2.94. The van der Waals surface area contributed by atoms with Gasteiger partial charge in [0, 0.05) is 6.54 Å². The Kier molecular flexibility index (Phi) is 5.17. The van der Waals surface area contributed by atoms with Crippen molar-refractivity contribution in [3.63, 3.8) is 0 Å². The zero-order valence-electron chi connectivity index (χ0n) is 13.8. The molecule has 0 aromatic heterocycles. The standard InChI is InChI=1S/C18H29NO3/c1-2-3-4-5-6-7-8-9-12-19-17(20)15-13-10-11-14(22-13)16(15)18(19)21/h13-16H,2-12H2,1H3/t13-,14+,15+,16-. The highest BCUT2D eigenvalue weighted by molar-refractivity contribution is 6.06. The molecular weight excluding hydrogens is 278 g/mol. The maximum Gasteiger partial charge on any atom is 0.235 e. The molecule has 4 heteroatoms. The summed E-state index contributed by atoms with van der Waals surface area (Å²) in [5.74, 6) is -0.212. The summed E-state index contributed by atoms with van der Waals surface area (Å²) in [6.45, 7) is 2.86. The second kappa shape index (κ2) is 7.12. The van der Waals surface area contributed by atoms with Crippen molar-refractivity contribution in [3.05, 3.63) is 0 Å². The molecule has 3 fully saturated rings. The van der Waals surface area contributed by atoms with Crippen LogP contribution in [0.5, 0.6) is 0 Å². The van der Waals surface area contributed by atoms with E-state index in [1.54, 1.807) is 4.90 Å². The lowest BCUT2D eigenvalue weighted by molar-refractivity contribution is -0.142. The Morgan fingerprint density at radius 3 is 1.91 bits per heavy atom. The van der Waals surface area contributed by atoms with Crippen LogP contribution in [-0.2, 0) is 14.3 Å². The molecule has 0 aromatic rings. The Morgan fingerprint density at radius 2 is 1.36 bits per heavy atom. The van der Waals surface area contributed by atoms with E-state index in [-0.39, 0.29) is 35.9 Å². The number of hydrogen-bond donors (Lipinski definition) is 0. The van der Waals surface area contributed by atoms with Gasteiger partial charge in [0.05, 0.1) is 24.0 Å². The predicted octanol–water partition coefficient (Wildman–Crippen LogP) is 3.29. The number of ether oxygens (including phenoxy) is 1. The van der Waals surface area contributed by atoms with Gasteiger partial charge in [0.25, 0.3) is 0 Å². The molecule has 4 nitrogen and oxygen atoms in total. The fourth-order valence-corrected chi connectivity index (χ4v) is 4.40. The van der Waals surface area contributed by atoms with Crippen LogP contribution in [0.15, 0.2) is 0 Å². The van der Waals surface area contributed by atoms with Crippen molar-refractivity contribution < 1.29 is 14.3 Å². The van der Waals surface area contributed by atoms with Crippen LogP contribution in [0, 0.1) is 11.8 Å². The fraction of sp³-hybridized carbons (Fsp3) is 0.889. The van der Waals surface area contributed by atoms with Crippen LogP contribution in [0.4, 0.5) is 0 Å². The number of likely N-dealkylation sites (tertiary alicyclic amines) is 1. The van der Waals surface area contributed by atoms with Crippen LogP contribution < -0.4 is 0 Å². The Labute approximate surface area is 133 Å². The van der Waals surface area contributed by atoms with E-state index in [9.17, 15) is 9.59 Å². The summed E-state index contributed by atoms with van der Waals surface area (Å²) in [6, 6.07) is 0. The van der Waals surface area contributed by atoms with Crippen LogP contribution in [-0.4, -0.2) is 35.5 Å². The van der Waals surface area contributed by atoms with E-state index >= 15 is 0 Å². The third-order valence-corrected chi connectivity index (χ3v) is 5.61. The molecule has 2 amide bonds. The molecule has 3 aliphatic heterocycles. The molecule has 0 saturated carbocycles. The minimum absolute atomic E-state index is 0.0232. The second-order valence-corrected chi connectivity index (χ2v) is 7.14. The van der Waals surface area contributed by atoms with E-state index in [0.717, 1.165) is 25.7 Å². The number of nitrogens with zero attached hydrogens (tertiary/aromatic N) is 1.